The van der Waals surface area contributed by atoms with Crippen LogP contribution in [-0.2, 0) is 4.74 Å². The van der Waals surface area contributed by atoms with Gasteiger partial charge in [-0.2, -0.15) is 0 Å². The fraction of sp³-hybridized carbons (Fsp3) is 0.579. The van der Waals surface area contributed by atoms with Crippen molar-refractivity contribution >= 4 is 23.1 Å². The third-order valence-electron chi connectivity index (χ3n) is 4.83. The summed E-state index contributed by atoms with van der Waals surface area (Å²) in [6, 6.07) is 4.86. The summed E-state index contributed by atoms with van der Waals surface area (Å²) < 4.78 is 20.7. The average Bonchev–Trinajstić information content (AvgIpc) is 2.79. The third-order valence-corrected chi connectivity index (χ3v) is 4.83. The Morgan fingerprint density at radius 2 is 2.15 bits per heavy atom. The van der Waals surface area contributed by atoms with Gasteiger partial charge in [0.1, 0.15) is 11.4 Å². The molecule has 6 nitrogen and oxygen atoms in total. The number of halogens is 1. The first-order chi connectivity index (χ1) is 12.1. The molecule has 0 atom stereocenters. The van der Waals surface area contributed by atoms with Crippen LogP contribution in [0.4, 0.5) is 15.1 Å². The quantitative estimate of drug-likeness (QED) is 0.882. The van der Waals surface area contributed by atoms with Crippen molar-refractivity contribution in [1.29, 1.82) is 0 Å². The van der Waals surface area contributed by atoms with Crippen molar-refractivity contribution in [2.24, 2.45) is 5.92 Å². The second-order valence-corrected chi connectivity index (χ2v) is 8.15. The van der Waals surface area contributed by atoms with Gasteiger partial charge in [0.2, 0.25) is 5.95 Å². The maximum atomic E-state index is 13.3. The number of ether oxygens (including phenoxy) is 1. The van der Waals surface area contributed by atoms with Gasteiger partial charge in [0, 0.05) is 27.1 Å². The Morgan fingerprint density at radius 1 is 1.46 bits per heavy atom. The molecule has 1 aliphatic carbocycles. The standard InChI is InChI=1S/C19H27FN4O2.H2/c1-19(2,3)26-18(25)23(4)8-7-12-9-14(10-12)24-16-6-5-13(20)11-15(16)22-17(24)21;/h5-6,11-12,14H,7-10H2,1-4H3,(H2,21,22);1H. The summed E-state index contributed by atoms with van der Waals surface area (Å²) >= 11 is 0. The van der Waals surface area contributed by atoms with E-state index in [0.717, 1.165) is 24.8 Å². The van der Waals surface area contributed by atoms with E-state index in [0.29, 0.717) is 23.9 Å². The molecule has 3 rings (SSSR count). The summed E-state index contributed by atoms with van der Waals surface area (Å²) in [5, 5.41) is 0. The van der Waals surface area contributed by atoms with E-state index in [9.17, 15) is 9.18 Å². The second kappa shape index (κ2) is 6.78. The third kappa shape index (κ3) is 3.92. The fourth-order valence-electron chi connectivity index (χ4n) is 3.43. The van der Waals surface area contributed by atoms with Crippen molar-refractivity contribution in [2.45, 2.75) is 51.7 Å². The first-order valence-corrected chi connectivity index (χ1v) is 9.01. The first-order valence-electron chi connectivity index (χ1n) is 9.01. The van der Waals surface area contributed by atoms with Crippen molar-refractivity contribution in [3.63, 3.8) is 0 Å². The Kier molecular flexibility index (Phi) is 4.82. The van der Waals surface area contributed by atoms with Crippen LogP contribution in [-0.4, -0.2) is 39.7 Å². The summed E-state index contributed by atoms with van der Waals surface area (Å²) in [6.07, 6.45) is 2.60. The molecule has 0 spiro atoms. The monoisotopic (exact) mass is 364 g/mol. The van der Waals surface area contributed by atoms with Gasteiger partial charge in [0.25, 0.3) is 0 Å². The highest BCUT2D eigenvalue weighted by Crippen LogP contribution is 2.42. The number of amides is 1. The molecule has 0 saturated heterocycles. The lowest BCUT2D eigenvalue weighted by Gasteiger charge is -2.37. The van der Waals surface area contributed by atoms with Gasteiger partial charge < -0.3 is 19.9 Å². The lowest BCUT2D eigenvalue weighted by Crippen LogP contribution is -2.36. The van der Waals surface area contributed by atoms with Gasteiger partial charge in [-0.15, -0.1) is 0 Å². The van der Waals surface area contributed by atoms with Crippen molar-refractivity contribution in [3.8, 4) is 0 Å². The highest BCUT2D eigenvalue weighted by molar-refractivity contribution is 5.78. The number of anilines is 1. The van der Waals surface area contributed by atoms with Gasteiger partial charge in [-0.1, -0.05) is 0 Å². The minimum absolute atomic E-state index is 0. The zero-order chi connectivity index (χ0) is 19.1. The summed E-state index contributed by atoms with van der Waals surface area (Å²) in [7, 11) is 1.76. The molecule has 7 heteroatoms. The molecule has 0 unspecified atom stereocenters. The van der Waals surface area contributed by atoms with Crippen LogP contribution in [0.1, 0.15) is 47.5 Å². The number of imidazole rings is 1. The van der Waals surface area contributed by atoms with E-state index in [1.54, 1.807) is 18.0 Å². The molecule has 1 aliphatic rings. The Balaban J connectivity index is 0.00000261. The maximum absolute atomic E-state index is 13.3. The number of aromatic nitrogens is 2. The highest BCUT2D eigenvalue weighted by atomic mass is 19.1. The van der Waals surface area contributed by atoms with Crippen molar-refractivity contribution in [2.75, 3.05) is 19.3 Å². The molecule has 2 aromatic rings. The summed E-state index contributed by atoms with van der Waals surface area (Å²) in [4.78, 5) is 17.9. The van der Waals surface area contributed by atoms with E-state index >= 15 is 0 Å². The lowest BCUT2D eigenvalue weighted by atomic mass is 9.78. The van der Waals surface area contributed by atoms with Crippen molar-refractivity contribution < 1.29 is 15.3 Å². The lowest BCUT2D eigenvalue weighted by molar-refractivity contribution is 0.0277. The minimum Gasteiger partial charge on any atom is -0.444 e. The summed E-state index contributed by atoms with van der Waals surface area (Å²) in [5.74, 6) is 0.654. The number of carbonyl (C=O) groups is 1. The van der Waals surface area contributed by atoms with Crippen LogP contribution in [0.15, 0.2) is 18.2 Å². The van der Waals surface area contributed by atoms with Crippen LogP contribution in [0, 0.1) is 11.7 Å². The van der Waals surface area contributed by atoms with Gasteiger partial charge in [-0.05, 0) is 58.1 Å². The Bertz CT molecular complexity index is 812. The number of hydrogen-bond donors (Lipinski definition) is 1. The van der Waals surface area contributed by atoms with E-state index in [2.05, 4.69) is 4.98 Å². The Morgan fingerprint density at radius 3 is 2.81 bits per heavy atom. The molecule has 1 aromatic carbocycles. The van der Waals surface area contributed by atoms with Crippen LogP contribution in [0.3, 0.4) is 0 Å². The van der Waals surface area contributed by atoms with E-state index in [1.807, 2.05) is 25.3 Å². The molecule has 0 bridgehead atoms. The van der Waals surface area contributed by atoms with Crippen LogP contribution < -0.4 is 5.73 Å². The molecule has 26 heavy (non-hydrogen) atoms. The van der Waals surface area contributed by atoms with E-state index < -0.39 is 5.60 Å². The fourth-order valence-corrected chi connectivity index (χ4v) is 3.43. The first kappa shape index (κ1) is 18.5. The van der Waals surface area contributed by atoms with Crippen LogP contribution in [0.25, 0.3) is 11.0 Å². The Hall–Kier alpha value is -2.31. The SMILES string of the molecule is CN(CCC1CC(n2c(N)nc3cc(F)ccc32)C1)C(=O)OC(C)(C)C.[HH]. The second-order valence-electron chi connectivity index (χ2n) is 8.15. The molecule has 1 fully saturated rings. The van der Waals surface area contributed by atoms with Gasteiger partial charge in [0.05, 0.1) is 11.0 Å². The number of nitrogens with two attached hydrogens (primary N) is 1. The van der Waals surface area contributed by atoms with Crippen LogP contribution in [0.2, 0.25) is 0 Å². The molecule has 0 aliphatic heterocycles. The number of fused-ring (bicyclic) bond motifs is 1. The van der Waals surface area contributed by atoms with Gasteiger partial charge in [0.15, 0.2) is 0 Å². The number of hydrogen-bond acceptors (Lipinski definition) is 4. The van der Waals surface area contributed by atoms with Crippen molar-refractivity contribution in [1.82, 2.24) is 14.5 Å². The normalized spacial score (nSPS) is 20.0. The minimum atomic E-state index is -0.480. The number of carbonyl (C=O) groups excluding carboxylic acids is 1. The maximum Gasteiger partial charge on any atom is 0.410 e. The molecule has 1 amide bonds. The zero-order valence-electron chi connectivity index (χ0n) is 15.8. The number of nitrogens with zero attached hydrogens (tertiary/aromatic N) is 3. The molecule has 1 aromatic heterocycles. The molecule has 0 radical (unpaired) electrons. The van der Waals surface area contributed by atoms with Crippen LogP contribution >= 0.6 is 0 Å². The van der Waals surface area contributed by atoms with Crippen LogP contribution in [0.5, 0.6) is 0 Å². The zero-order valence-corrected chi connectivity index (χ0v) is 15.8. The predicted molar refractivity (Wildman–Crippen MR) is 101 cm³/mol. The van der Waals surface area contributed by atoms with E-state index in [1.165, 1.54) is 12.1 Å². The Labute approximate surface area is 154 Å². The number of benzene rings is 1. The topological polar surface area (TPSA) is 73.4 Å². The predicted octanol–water partition coefficient (Wildman–Crippen LogP) is 4.21. The average molecular weight is 364 g/mol. The smallest absolute Gasteiger partial charge is 0.410 e. The van der Waals surface area contributed by atoms with Gasteiger partial charge >= 0.3 is 6.09 Å². The molecule has 1 saturated carbocycles. The largest absolute Gasteiger partial charge is 0.444 e. The van der Waals surface area contributed by atoms with E-state index in [-0.39, 0.29) is 19.4 Å². The summed E-state index contributed by atoms with van der Waals surface area (Å²) in [5.41, 5.74) is 7.03. The van der Waals surface area contributed by atoms with E-state index in [4.69, 9.17) is 10.5 Å². The number of rotatable bonds is 4. The molecule has 1 heterocycles. The van der Waals surface area contributed by atoms with Gasteiger partial charge in [-0.3, -0.25) is 0 Å². The molecule has 144 valence electrons. The van der Waals surface area contributed by atoms with Crippen molar-refractivity contribution in [3.05, 3.63) is 24.0 Å². The highest BCUT2D eigenvalue weighted by Gasteiger charge is 2.33. The molecular weight excluding hydrogens is 335 g/mol. The summed E-state index contributed by atoms with van der Waals surface area (Å²) in [6.45, 7) is 6.25. The number of nitrogen functional groups attached to an aromatic ring is 1. The van der Waals surface area contributed by atoms with Gasteiger partial charge in [-0.25, -0.2) is 14.2 Å². The molecular formula is C19H29FN4O2. The molecule has 2 N–H and O–H groups in total.